The van der Waals surface area contributed by atoms with E-state index in [1.54, 1.807) is 0 Å². The highest BCUT2D eigenvalue weighted by Crippen LogP contribution is 2.42. The fourth-order valence-corrected chi connectivity index (χ4v) is 1.06. The molecule has 11 heavy (non-hydrogen) atoms. The lowest BCUT2D eigenvalue weighted by molar-refractivity contribution is 0.247. The lowest BCUT2D eigenvalue weighted by Gasteiger charge is -2.11. The van der Waals surface area contributed by atoms with Gasteiger partial charge in [-0.1, -0.05) is 13.8 Å². The Morgan fingerprint density at radius 2 is 2.09 bits per heavy atom. The monoisotopic (exact) mass is 179 g/mol. The number of carbonyl (C=O) groups excluding carboxylic acids is 1. The Labute approximate surface area is 66.6 Å². The van der Waals surface area contributed by atoms with Crippen LogP contribution in [-0.4, -0.2) is 18.9 Å². The number of primary amides is 1. The summed E-state index contributed by atoms with van der Waals surface area (Å²) >= 11 is 0. The van der Waals surface area contributed by atoms with E-state index in [9.17, 15) is 9.36 Å². The van der Waals surface area contributed by atoms with E-state index in [0.29, 0.717) is 6.61 Å². The molecule has 5 heteroatoms. The van der Waals surface area contributed by atoms with Gasteiger partial charge in [-0.25, -0.2) is 0 Å². The van der Waals surface area contributed by atoms with Gasteiger partial charge in [0.2, 0.25) is 0 Å². The van der Waals surface area contributed by atoms with Crippen molar-refractivity contribution in [3.63, 3.8) is 0 Å². The van der Waals surface area contributed by atoms with Crippen LogP contribution >= 0.6 is 7.37 Å². The molecular weight excluding hydrogens is 165 g/mol. The number of carbonyl (C=O) groups is 1. The minimum atomic E-state index is -3.18. The SMILES string of the molecule is CC(C)CO[P@@](C)(=O)C(N)=O. The summed E-state index contributed by atoms with van der Waals surface area (Å²) in [5.41, 5.74) is 3.97. The van der Waals surface area contributed by atoms with Gasteiger partial charge >= 0.3 is 5.65 Å². The van der Waals surface area contributed by atoms with Gasteiger partial charge in [0.25, 0.3) is 7.37 Å². The summed E-state index contributed by atoms with van der Waals surface area (Å²) in [5, 5.41) is 0. The summed E-state index contributed by atoms with van der Waals surface area (Å²) in [5.74, 6) is 0.252. The van der Waals surface area contributed by atoms with Gasteiger partial charge in [0.15, 0.2) is 0 Å². The van der Waals surface area contributed by atoms with E-state index in [4.69, 9.17) is 10.3 Å². The molecule has 66 valence electrons. The smallest absolute Gasteiger partial charge is 0.302 e. The number of hydrogen-bond donors (Lipinski definition) is 1. The first-order valence-corrected chi connectivity index (χ1v) is 5.45. The third-order valence-electron chi connectivity index (χ3n) is 1.05. The zero-order valence-corrected chi connectivity index (χ0v) is 7.93. The summed E-state index contributed by atoms with van der Waals surface area (Å²) in [4.78, 5) is 10.5. The molecule has 0 radical (unpaired) electrons. The van der Waals surface area contributed by atoms with E-state index < -0.39 is 13.0 Å². The van der Waals surface area contributed by atoms with E-state index >= 15 is 0 Å². The number of nitrogens with two attached hydrogens (primary N) is 1. The lowest BCUT2D eigenvalue weighted by atomic mass is 10.2. The summed E-state index contributed by atoms with van der Waals surface area (Å²) < 4.78 is 16.0. The van der Waals surface area contributed by atoms with E-state index in [1.807, 2.05) is 13.8 Å². The van der Waals surface area contributed by atoms with Crippen LogP contribution in [0.5, 0.6) is 0 Å². The average molecular weight is 179 g/mol. The van der Waals surface area contributed by atoms with Crippen LogP contribution in [0.25, 0.3) is 0 Å². The van der Waals surface area contributed by atoms with E-state index in [0.717, 1.165) is 0 Å². The fourth-order valence-electron chi connectivity index (χ4n) is 0.355. The van der Waals surface area contributed by atoms with Crippen LogP contribution in [0.3, 0.4) is 0 Å². The Balaban J connectivity index is 3.94. The Kier molecular flexibility index (Phi) is 3.76. The van der Waals surface area contributed by atoms with Crippen LogP contribution in [0.1, 0.15) is 13.8 Å². The molecule has 4 nitrogen and oxygen atoms in total. The first kappa shape index (κ1) is 10.7. The van der Waals surface area contributed by atoms with Crippen LogP contribution in [0.15, 0.2) is 0 Å². The molecule has 1 amide bonds. The maximum atomic E-state index is 11.1. The molecule has 0 heterocycles. The zero-order chi connectivity index (χ0) is 9.07. The fraction of sp³-hybridized carbons (Fsp3) is 0.833. The summed E-state index contributed by atoms with van der Waals surface area (Å²) in [7, 11) is -3.18. The predicted molar refractivity (Wildman–Crippen MR) is 43.9 cm³/mol. The Morgan fingerprint density at radius 1 is 1.64 bits per heavy atom. The van der Waals surface area contributed by atoms with Gasteiger partial charge < -0.3 is 10.3 Å². The Bertz CT molecular complexity index is 190. The molecule has 0 rings (SSSR count). The van der Waals surface area contributed by atoms with Crippen molar-refractivity contribution in [1.82, 2.24) is 0 Å². The third-order valence-corrected chi connectivity index (χ3v) is 2.50. The standard InChI is InChI=1S/C6H14NO3P/c1-5(2)4-10-11(3,9)6(7)8/h5H,4H2,1-3H3,(H2,7,8)/t11-/m1/s1. The Hall–Kier alpha value is -0.340. The van der Waals surface area contributed by atoms with Crippen molar-refractivity contribution in [2.75, 3.05) is 13.3 Å². The second-order valence-electron chi connectivity index (χ2n) is 2.87. The van der Waals surface area contributed by atoms with Crippen molar-refractivity contribution >= 4 is 13.0 Å². The zero-order valence-electron chi connectivity index (χ0n) is 7.03. The van der Waals surface area contributed by atoms with Crippen LogP contribution in [0.4, 0.5) is 4.79 Å². The minimum absolute atomic E-state index is 0.252. The Morgan fingerprint density at radius 3 is 2.36 bits per heavy atom. The number of rotatable bonds is 4. The molecule has 0 fully saturated rings. The third kappa shape index (κ3) is 4.17. The molecule has 0 aliphatic carbocycles. The van der Waals surface area contributed by atoms with Crippen LogP contribution in [0, 0.1) is 5.92 Å². The van der Waals surface area contributed by atoms with Gasteiger partial charge in [-0.15, -0.1) is 0 Å². The summed E-state index contributed by atoms with van der Waals surface area (Å²) in [6.45, 7) is 5.34. The highest BCUT2D eigenvalue weighted by molar-refractivity contribution is 7.75. The molecule has 1 atom stereocenters. The number of hydrogen-bond acceptors (Lipinski definition) is 3. The largest absolute Gasteiger partial charge is 0.361 e. The summed E-state index contributed by atoms with van der Waals surface area (Å²) in [6, 6.07) is 0. The van der Waals surface area contributed by atoms with Crippen molar-refractivity contribution in [3.8, 4) is 0 Å². The molecule has 2 N–H and O–H groups in total. The van der Waals surface area contributed by atoms with E-state index in [2.05, 4.69) is 0 Å². The maximum absolute atomic E-state index is 11.1. The topological polar surface area (TPSA) is 69.4 Å². The first-order chi connectivity index (χ1) is 4.86. The van der Waals surface area contributed by atoms with E-state index in [-0.39, 0.29) is 5.92 Å². The van der Waals surface area contributed by atoms with Gasteiger partial charge in [0, 0.05) is 6.66 Å². The van der Waals surface area contributed by atoms with Gasteiger partial charge in [-0.2, -0.15) is 0 Å². The molecule has 0 aliphatic heterocycles. The highest BCUT2D eigenvalue weighted by atomic mass is 31.2. The van der Waals surface area contributed by atoms with Gasteiger partial charge in [-0.3, -0.25) is 9.36 Å². The molecule has 0 unspecified atom stereocenters. The highest BCUT2D eigenvalue weighted by Gasteiger charge is 2.23. The predicted octanol–water partition coefficient (Wildman–Crippen LogP) is 1.65. The second kappa shape index (κ2) is 3.88. The minimum Gasteiger partial charge on any atom is -0.361 e. The molecule has 0 aromatic heterocycles. The van der Waals surface area contributed by atoms with Crippen LogP contribution in [0.2, 0.25) is 0 Å². The quantitative estimate of drug-likeness (QED) is 0.667. The maximum Gasteiger partial charge on any atom is 0.302 e. The van der Waals surface area contributed by atoms with Crippen molar-refractivity contribution in [2.45, 2.75) is 13.8 Å². The average Bonchev–Trinajstić information content (AvgIpc) is 1.84. The van der Waals surface area contributed by atoms with Crippen molar-refractivity contribution < 1.29 is 13.9 Å². The van der Waals surface area contributed by atoms with Crippen LogP contribution in [-0.2, 0) is 9.09 Å². The summed E-state index contributed by atoms with van der Waals surface area (Å²) in [6.07, 6.45) is 0. The first-order valence-electron chi connectivity index (χ1n) is 3.38. The molecule has 0 spiro atoms. The molecule has 0 saturated heterocycles. The van der Waals surface area contributed by atoms with Gasteiger partial charge in [0.05, 0.1) is 6.61 Å². The van der Waals surface area contributed by atoms with E-state index in [1.165, 1.54) is 6.66 Å². The molecule has 0 bridgehead atoms. The lowest BCUT2D eigenvalue weighted by Crippen LogP contribution is -2.12. The second-order valence-corrected chi connectivity index (χ2v) is 5.26. The normalized spacial score (nSPS) is 16.4. The molecule has 0 aromatic carbocycles. The van der Waals surface area contributed by atoms with Crippen LogP contribution < -0.4 is 5.73 Å². The molecular formula is C6H14NO3P. The van der Waals surface area contributed by atoms with Crippen molar-refractivity contribution in [2.24, 2.45) is 11.7 Å². The van der Waals surface area contributed by atoms with Crippen molar-refractivity contribution in [1.29, 1.82) is 0 Å². The van der Waals surface area contributed by atoms with Crippen molar-refractivity contribution in [3.05, 3.63) is 0 Å². The molecule has 0 saturated carbocycles. The number of amides is 1. The van der Waals surface area contributed by atoms with Gasteiger partial charge in [0.1, 0.15) is 0 Å². The molecule has 0 aliphatic rings. The van der Waals surface area contributed by atoms with Gasteiger partial charge in [-0.05, 0) is 5.92 Å². The molecule has 0 aromatic rings.